The van der Waals surface area contributed by atoms with Gasteiger partial charge in [-0.3, -0.25) is 0 Å². The highest BCUT2D eigenvalue weighted by Crippen LogP contribution is 2.50. The van der Waals surface area contributed by atoms with Gasteiger partial charge in [0.1, 0.15) is 5.60 Å². The van der Waals surface area contributed by atoms with Crippen LogP contribution in [0.1, 0.15) is 47.0 Å². The molecule has 0 aromatic heterocycles. The lowest BCUT2D eigenvalue weighted by Crippen LogP contribution is -2.34. The minimum Gasteiger partial charge on any atom is -0.360 e. The van der Waals surface area contributed by atoms with Crippen molar-refractivity contribution < 1.29 is 14.9 Å². The Kier molecular flexibility index (Phi) is 2.54. The van der Waals surface area contributed by atoms with Gasteiger partial charge in [-0.05, 0) is 44.1 Å². The minimum absolute atomic E-state index is 0.348. The van der Waals surface area contributed by atoms with Crippen LogP contribution >= 0.6 is 0 Å². The van der Waals surface area contributed by atoms with Gasteiger partial charge in [-0.25, -0.2) is 4.89 Å². The predicted molar refractivity (Wildman–Crippen MR) is 68.5 cm³/mol. The summed E-state index contributed by atoms with van der Waals surface area (Å²) in [7, 11) is 0. The second-order valence-corrected chi connectivity index (χ2v) is 6.54. The van der Waals surface area contributed by atoms with Crippen molar-refractivity contribution in [3.8, 4) is 0 Å². The van der Waals surface area contributed by atoms with Crippen molar-refractivity contribution in [2.45, 2.75) is 58.3 Å². The molecule has 1 saturated heterocycles. The molecule has 0 aromatic rings. The molecule has 1 fully saturated rings. The topological polar surface area (TPSA) is 38.7 Å². The van der Waals surface area contributed by atoms with Gasteiger partial charge in [0, 0.05) is 12.0 Å². The van der Waals surface area contributed by atoms with Gasteiger partial charge in [0.2, 0.25) is 5.79 Å². The lowest BCUT2D eigenvalue weighted by molar-refractivity contribution is -0.390. The third-order valence-electron chi connectivity index (χ3n) is 4.68. The van der Waals surface area contributed by atoms with Crippen molar-refractivity contribution in [3.63, 3.8) is 0 Å². The number of allylic oxidation sites excluding steroid dienone is 3. The summed E-state index contributed by atoms with van der Waals surface area (Å²) in [6.07, 6.45) is 5.11. The van der Waals surface area contributed by atoms with Crippen molar-refractivity contribution in [3.05, 3.63) is 22.8 Å². The molecule has 0 radical (unpaired) electrons. The van der Waals surface area contributed by atoms with Gasteiger partial charge in [-0.2, -0.15) is 4.89 Å². The van der Waals surface area contributed by atoms with E-state index >= 15 is 0 Å². The van der Waals surface area contributed by atoms with Crippen LogP contribution in [0.3, 0.4) is 0 Å². The first-order chi connectivity index (χ1) is 8.33. The Morgan fingerprint density at radius 1 is 1.22 bits per heavy atom. The quantitative estimate of drug-likeness (QED) is 0.671. The molecule has 2 aliphatic carbocycles. The van der Waals surface area contributed by atoms with Crippen molar-refractivity contribution in [2.75, 3.05) is 0 Å². The summed E-state index contributed by atoms with van der Waals surface area (Å²) in [6, 6.07) is 0. The van der Waals surface area contributed by atoms with Gasteiger partial charge in [0.05, 0.1) is 0 Å². The van der Waals surface area contributed by atoms with E-state index in [0.717, 1.165) is 12.0 Å². The highest BCUT2D eigenvalue weighted by molar-refractivity contribution is 5.43. The molecular formula is C15H22O3. The maximum atomic E-state index is 10.7. The summed E-state index contributed by atoms with van der Waals surface area (Å²) in [5.74, 6) is -0.317. The molecule has 3 aliphatic rings. The van der Waals surface area contributed by atoms with Gasteiger partial charge in [0.15, 0.2) is 0 Å². The molecule has 0 saturated carbocycles. The Labute approximate surface area is 108 Å². The maximum Gasteiger partial charge on any atom is 0.225 e. The van der Waals surface area contributed by atoms with Crippen molar-refractivity contribution in [1.29, 1.82) is 0 Å². The third-order valence-corrected chi connectivity index (χ3v) is 4.68. The molecule has 0 bridgehead atoms. The summed E-state index contributed by atoms with van der Waals surface area (Å²) in [5.41, 5.74) is 3.23. The minimum atomic E-state index is -1.24. The lowest BCUT2D eigenvalue weighted by Gasteiger charge is -2.25. The van der Waals surface area contributed by atoms with Gasteiger partial charge >= 0.3 is 0 Å². The van der Waals surface area contributed by atoms with Gasteiger partial charge in [-0.15, -0.1) is 0 Å². The standard InChI is InChI=1S/C15H22O3/c1-9-5-6-11-10(2)8-15(16)13(7-12(9)11)14(3,4)17-18-15/h7,9-10,16H,5-6,8H2,1-4H3/t9-,10+,15?/m1/s1. The fourth-order valence-corrected chi connectivity index (χ4v) is 3.61. The van der Waals surface area contributed by atoms with Gasteiger partial charge < -0.3 is 5.11 Å². The van der Waals surface area contributed by atoms with Crippen molar-refractivity contribution in [1.82, 2.24) is 0 Å². The maximum absolute atomic E-state index is 10.7. The molecule has 3 rings (SSSR count). The van der Waals surface area contributed by atoms with E-state index in [-0.39, 0.29) is 0 Å². The first-order valence-electron chi connectivity index (χ1n) is 6.88. The second-order valence-electron chi connectivity index (χ2n) is 6.54. The molecule has 0 aromatic carbocycles. The average molecular weight is 250 g/mol. The second kappa shape index (κ2) is 3.69. The van der Waals surface area contributed by atoms with E-state index in [1.165, 1.54) is 17.6 Å². The van der Waals surface area contributed by atoms with Crippen LogP contribution in [0, 0.1) is 11.8 Å². The Morgan fingerprint density at radius 3 is 2.67 bits per heavy atom. The summed E-state index contributed by atoms with van der Waals surface area (Å²) < 4.78 is 0. The number of fused-ring (bicyclic) bond motifs is 1. The summed E-state index contributed by atoms with van der Waals surface area (Å²) in [4.78, 5) is 10.6. The van der Waals surface area contributed by atoms with E-state index in [1.54, 1.807) is 0 Å². The van der Waals surface area contributed by atoms with E-state index in [0.29, 0.717) is 18.3 Å². The molecule has 3 heteroatoms. The monoisotopic (exact) mass is 250 g/mol. The fraction of sp³-hybridized carbons (Fsp3) is 0.733. The van der Waals surface area contributed by atoms with E-state index in [4.69, 9.17) is 9.78 Å². The smallest absolute Gasteiger partial charge is 0.225 e. The fourth-order valence-electron chi connectivity index (χ4n) is 3.61. The van der Waals surface area contributed by atoms with Crippen LogP contribution in [0.4, 0.5) is 0 Å². The predicted octanol–water partition coefficient (Wildman–Crippen LogP) is 3.11. The number of hydrogen-bond donors (Lipinski definition) is 1. The summed E-state index contributed by atoms with van der Waals surface area (Å²) in [5, 5.41) is 10.7. The van der Waals surface area contributed by atoms with Crippen LogP contribution in [0.5, 0.6) is 0 Å². The zero-order chi connectivity index (χ0) is 13.1. The molecule has 3 atom stereocenters. The highest BCUT2D eigenvalue weighted by atomic mass is 17.2. The molecule has 18 heavy (non-hydrogen) atoms. The van der Waals surface area contributed by atoms with E-state index in [9.17, 15) is 5.11 Å². The number of hydrogen-bond acceptors (Lipinski definition) is 3. The molecule has 0 spiro atoms. The van der Waals surface area contributed by atoms with Crippen LogP contribution in [-0.2, 0) is 9.78 Å². The zero-order valence-electron chi connectivity index (χ0n) is 11.6. The Hall–Kier alpha value is -0.640. The first kappa shape index (κ1) is 12.4. The largest absolute Gasteiger partial charge is 0.360 e. The van der Waals surface area contributed by atoms with Crippen LogP contribution < -0.4 is 0 Å². The summed E-state index contributed by atoms with van der Waals surface area (Å²) in [6.45, 7) is 8.34. The molecule has 1 unspecified atom stereocenters. The van der Waals surface area contributed by atoms with Crippen LogP contribution in [-0.4, -0.2) is 16.5 Å². The van der Waals surface area contributed by atoms with Gasteiger partial charge in [0.25, 0.3) is 0 Å². The van der Waals surface area contributed by atoms with Crippen molar-refractivity contribution >= 4 is 0 Å². The molecule has 3 nitrogen and oxygen atoms in total. The Bertz CT molecular complexity index is 447. The summed E-state index contributed by atoms with van der Waals surface area (Å²) >= 11 is 0. The highest BCUT2D eigenvalue weighted by Gasteiger charge is 2.53. The van der Waals surface area contributed by atoms with Crippen LogP contribution in [0.25, 0.3) is 0 Å². The van der Waals surface area contributed by atoms with Gasteiger partial charge in [-0.1, -0.05) is 25.5 Å². The SMILES string of the molecule is C[C@@H]1CCC2=C1C=C1C(C)(C)OOC1(O)C[C@@H]2C. The molecule has 1 aliphatic heterocycles. The van der Waals surface area contributed by atoms with Crippen molar-refractivity contribution in [2.24, 2.45) is 11.8 Å². The zero-order valence-corrected chi connectivity index (χ0v) is 11.6. The third kappa shape index (κ3) is 1.61. The molecule has 1 heterocycles. The lowest BCUT2D eigenvalue weighted by atomic mass is 9.86. The van der Waals surface area contributed by atoms with Crippen LogP contribution in [0.15, 0.2) is 22.8 Å². The number of aliphatic hydroxyl groups is 1. The van der Waals surface area contributed by atoms with Crippen LogP contribution in [0.2, 0.25) is 0 Å². The normalized spacial score (nSPS) is 42.4. The van der Waals surface area contributed by atoms with E-state index < -0.39 is 11.4 Å². The molecule has 0 amide bonds. The molecule has 1 N–H and O–H groups in total. The Morgan fingerprint density at radius 2 is 1.94 bits per heavy atom. The molecular weight excluding hydrogens is 228 g/mol. The molecule has 100 valence electrons. The van der Waals surface area contributed by atoms with E-state index in [2.05, 4.69) is 19.9 Å². The van der Waals surface area contributed by atoms with E-state index in [1.807, 2.05) is 13.8 Å². The first-order valence-corrected chi connectivity index (χ1v) is 6.88. The average Bonchev–Trinajstić information content (AvgIpc) is 2.69. The Balaban J connectivity index is 2.12. The number of rotatable bonds is 0.